The van der Waals surface area contributed by atoms with Crippen LogP contribution in [0.4, 0.5) is 0 Å². The van der Waals surface area contributed by atoms with Gasteiger partial charge in [-0.15, -0.1) is 0 Å². The molecule has 15 heavy (non-hydrogen) atoms. The van der Waals surface area contributed by atoms with E-state index < -0.39 is 11.9 Å². The van der Waals surface area contributed by atoms with Gasteiger partial charge in [0, 0.05) is 18.7 Å². The van der Waals surface area contributed by atoms with E-state index in [0.717, 1.165) is 16.9 Å². The molecule has 0 saturated heterocycles. The third-order valence-corrected chi connectivity index (χ3v) is 2.71. The van der Waals surface area contributed by atoms with E-state index in [1.165, 1.54) is 0 Å². The molecule has 1 aromatic carbocycles. The van der Waals surface area contributed by atoms with E-state index in [0.29, 0.717) is 13.1 Å². The molecule has 1 aromatic rings. The first-order chi connectivity index (χ1) is 7.24. The average Bonchev–Trinajstić information content (AvgIpc) is 2.27. The molecule has 0 aliphatic carbocycles. The Morgan fingerprint density at radius 2 is 2.40 bits per heavy atom. The lowest BCUT2D eigenvalue weighted by Gasteiger charge is -2.24. The van der Waals surface area contributed by atoms with Crippen molar-refractivity contribution in [3.63, 3.8) is 0 Å². The zero-order valence-electron chi connectivity index (χ0n) is 8.49. The first kappa shape index (κ1) is 9.98. The van der Waals surface area contributed by atoms with Crippen LogP contribution < -0.4 is 10.1 Å². The number of carboxylic acids is 1. The zero-order valence-corrected chi connectivity index (χ0v) is 8.49. The molecule has 4 heteroatoms. The van der Waals surface area contributed by atoms with Crippen LogP contribution in [0.15, 0.2) is 18.2 Å². The highest BCUT2D eigenvalue weighted by Crippen LogP contribution is 2.30. The summed E-state index contributed by atoms with van der Waals surface area (Å²) in [6.07, 6.45) is 0. The predicted octanol–water partition coefficient (Wildman–Crippen LogP) is 0.967. The highest BCUT2D eigenvalue weighted by atomic mass is 16.5. The second-order valence-electron chi connectivity index (χ2n) is 3.55. The third-order valence-electron chi connectivity index (χ3n) is 2.71. The minimum Gasteiger partial charge on any atom is -0.496 e. The molecular weight excluding hydrogens is 194 g/mol. The topological polar surface area (TPSA) is 58.6 Å². The lowest BCUT2D eigenvalue weighted by atomic mass is 9.90. The molecule has 1 unspecified atom stereocenters. The first-order valence-corrected chi connectivity index (χ1v) is 4.83. The first-order valence-electron chi connectivity index (χ1n) is 4.83. The Kier molecular flexibility index (Phi) is 2.60. The summed E-state index contributed by atoms with van der Waals surface area (Å²) in [5.41, 5.74) is 1.82. The molecule has 0 amide bonds. The number of carboxylic acid groups (broad SMARTS) is 1. The molecule has 1 aliphatic rings. The Bertz CT molecular complexity index is 389. The molecule has 2 rings (SSSR count). The number of rotatable bonds is 2. The third kappa shape index (κ3) is 1.68. The Hall–Kier alpha value is -1.55. The lowest BCUT2D eigenvalue weighted by Crippen LogP contribution is -2.32. The largest absolute Gasteiger partial charge is 0.496 e. The van der Waals surface area contributed by atoms with Gasteiger partial charge >= 0.3 is 5.97 Å². The standard InChI is InChI=1S/C11H13NO3/c1-15-10-4-2-3-7-8(10)5-12-6-9(7)11(13)14/h2-4,9,12H,5-6H2,1H3,(H,13,14). The molecular formula is C11H13NO3. The molecule has 1 atom stereocenters. The molecule has 4 nitrogen and oxygen atoms in total. The van der Waals surface area contributed by atoms with Gasteiger partial charge < -0.3 is 15.2 Å². The minimum atomic E-state index is -0.795. The van der Waals surface area contributed by atoms with Gasteiger partial charge in [0.05, 0.1) is 13.0 Å². The second-order valence-corrected chi connectivity index (χ2v) is 3.55. The Labute approximate surface area is 87.9 Å². The predicted molar refractivity (Wildman–Crippen MR) is 55.1 cm³/mol. The Morgan fingerprint density at radius 1 is 1.60 bits per heavy atom. The van der Waals surface area contributed by atoms with E-state index in [9.17, 15) is 4.79 Å². The quantitative estimate of drug-likeness (QED) is 0.758. The van der Waals surface area contributed by atoms with Crippen LogP contribution in [0.3, 0.4) is 0 Å². The fraction of sp³-hybridized carbons (Fsp3) is 0.364. The molecule has 0 fully saturated rings. The molecule has 0 saturated carbocycles. The van der Waals surface area contributed by atoms with Crippen molar-refractivity contribution < 1.29 is 14.6 Å². The minimum absolute atomic E-state index is 0.469. The SMILES string of the molecule is COc1cccc2c1CNCC2C(=O)O. The monoisotopic (exact) mass is 207 g/mol. The summed E-state index contributed by atoms with van der Waals surface area (Å²) in [6.45, 7) is 1.15. The van der Waals surface area contributed by atoms with Crippen molar-refractivity contribution in [2.45, 2.75) is 12.5 Å². The maximum atomic E-state index is 11.0. The number of ether oxygens (including phenoxy) is 1. The highest BCUT2D eigenvalue weighted by Gasteiger charge is 2.27. The number of aliphatic carboxylic acids is 1. The fourth-order valence-corrected chi connectivity index (χ4v) is 1.96. The molecule has 0 spiro atoms. The number of hydrogen-bond acceptors (Lipinski definition) is 3. The molecule has 0 aromatic heterocycles. The van der Waals surface area contributed by atoms with Crippen LogP contribution in [-0.4, -0.2) is 24.7 Å². The normalized spacial score (nSPS) is 19.4. The summed E-state index contributed by atoms with van der Waals surface area (Å²) in [7, 11) is 1.60. The van der Waals surface area contributed by atoms with Crippen molar-refractivity contribution >= 4 is 5.97 Å². The highest BCUT2D eigenvalue weighted by molar-refractivity contribution is 5.77. The van der Waals surface area contributed by atoms with Crippen molar-refractivity contribution in [2.75, 3.05) is 13.7 Å². The van der Waals surface area contributed by atoms with Crippen molar-refractivity contribution in [1.29, 1.82) is 0 Å². The van der Waals surface area contributed by atoms with Crippen LogP contribution in [0, 0.1) is 0 Å². The summed E-state index contributed by atoms with van der Waals surface area (Å²) in [4.78, 5) is 11.0. The van der Waals surface area contributed by atoms with Gasteiger partial charge in [-0.25, -0.2) is 0 Å². The van der Waals surface area contributed by atoms with E-state index >= 15 is 0 Å². The van der Waals surface area contributed by atoms with Gasteiger partial charge in [0.15, 0.2) is 0 Å². The van der Waals surface area contributed by atoms with Crippen LogP contribution >= 0.6 is 0 Å². The second kappa shape index (κ2) is 3.90. The number of carbonyl (C=O) groups is 1. The summed E-state index contributed by atoms with van der Waals surface area (Å²) < 4.78 is 5.21. The molecule has 1 heterocycles. The van der Waals surface area contributed by atoms with Crippen molar-refractivity contribution in [3.8, 4) is 5.75 Å². The molecule has 2 N–H and O–H groups in total. The van der Waals surface area contributed by atoms with Crippen LogP contribution in [0.25, 0.3) is 0 Å². The van der Waals surface area contributed by atoms with Crippen LogP contribution in [0.5, 0.6) is 5.75 Å². The maximum Gasteiger partial charge on any atom is 0.312 e. The van der Waals surface area contributed by atoms with Crippen LogP contribution in [0.2, 0.25) is 0 Å². The van der Waals surface area contributed by atoms with E-state index in [1.807, 2.05) is 18.2 Å². The number of methoxy groups -OCH3 is 1. The number of hydrogen-bond donors (Lipinski definition) is 2. The summed E-state index contributed by atoms with van der Waals surface area (Å²) in [5.74, 6) is -0.508. The van der Waals surface area contributed by atoms with Crippen molar-refractivity contribution in [3.05, 3.63) is 29.3 Å². The Morgan fingerprint density at radius 3 is 3.07 bits per heavy atom. The van der Waals surface area contributed by atoms with Crippen LogP contribution in [0.1, 0.15) is 17.0 Å². The molecule has 0 radical (unpaired) electrons. The smallest absolute Gasteiger partial charge is 0.312 e. The number of fused-ring (bicyclic) bond motifs is 1. The van der Waals surface area contributed by atoms with Gasteiger partial charge in [-0.2, -0.15) is 0 Å². The maximum absolute atomic E-state index is 11.0. The van der Waals surface area contributed by atoms with Crippen molar-refractivity contribution in [2.24, 2.45) is 0 Å². The summed E-state index contributed by atoms with van der Waals surface area (Å²) in [5, 5.41) is 12.2. The molecule has 80 valence electrons. The van der Waals surface area contributed by atoms with E-state index in [4.69, 9.17) is 9.84 Å². The Balaban J connectivity index is 2.48. The van der Waals surface area contributed by atoms with E-state index in [2.05, 4.69) is 5.32 Å². The lowest BCUT2D eigenvalue weighted by molar-refractivity contribution is -0.138. The molecule has 0 bridgehead atoms. The number of nitrogens with one attached hydrogen (secondary N) is 1. The summed E-state index contributed by atoms with van der Waals surface area (Å²) in [6, 6.07) is 5.54. The fourth-order valence-electron chi connectivity index (χ4n) is 1.96. The average molecular weight is 207 g/mol. The van der Waals surface area contributed by atoms with Gasteiger partial charge in [-0.1, -0.05) is 12.1 Å². The van der Waals surface area contributed by atoms with Crippen molar-refractivity contribution in [1.82, 2.24) is 5.32 Å². The van der Waals surface area contributed by atoms with Gasteiger partial charge in [0.25, 0.3) is 0 Å². The van der Waals surface area contributed by atoms with Gasteiger partial charge in [-0.05, 0) is 11.6 Å². The van der Waals surface area contributed by atoms with E-state index in [-0.39, 0.29) is 0 Å². The van der Waals surface area contributed by atoms with Gasteiger partial charge in [-0.3, -0.25) is 4.79 Å². The molecule has 1 aliphatic heterocycles. The zero-order chi connectivity index (χ0) is 10.8. The van der Waals surface area contributed by atoms with Crippen LogP contribution in [-0.2, 0) is 11.3 Å². The summed E-state index contributed by atoms with van der Waals surface area (Å²) >= 11 is 0. The number of benzene rings is 1. The van der Waals surface area contributed by atoms with E-state index in [1.54, 1.807) is 7.11 Å². The van der Waals surface area contributed by atoms with Gasteiger partial charge in [0.1, 0.15) is 5.75 Å². The van der Waals surface area contributed by atoms with Gasteiger partial charge in [0.2, 0.25) is 0 Å².